The molecule has 1 fully saturated rings. The normalized spacial score (nSPS) is 15.0. The summed E-state index contributed by atoms with van der Waals surface area (Å²) in [5.74, 6) is -0.470. The van der Waals surface area contributed by atoms with E-state index in [1.54, 1.807) is 19.1 Å². The summed E-state index contributed by atoms with van der Waals surface area (Å²) < 4.78 is 30.1. The Morgan fingerprint density at radius 3 is 2.74 bits per heavy atom. The van der Waals surface area contributed by atoms with Crippen LogP contribution in [0.1, 0.15) is 16.8 Å². The molecule has 1 aliphatic rings. The zero-order valence-electron chi connectivity index (χ0n) is 15.2. The van der Waals surface area contributed by atoms with Gasteiger partial charge in [0.15, 0.2) is 5.13 Å². The van der Waals surface area contributed by atoms with Gasteiger partial charge in [0.1, 0.15) is 0 Å². The molecule has 2 N–H and O–H groups in total. The van der Waals surface area contributed by atoms with Gasteiger partial charge in [-0.3, -0.25) is 10.2 Å². The molecule has 0 bridgehead atoms. The third kappa shape index (κ3) is 5.04. The SMILES string of the molecule is Cc1ccc(S(=O)(=O)NNC(=O)Cc2csc(N3CCOCC3)n2)c(C)c1. The molecule has 1 saturated heterocycles. The van der Waals surface area contributed by atoms with Gasteiger partial charge in [0, 0.05) is 18.5 Å². The number of aryl methyl sites for hydroxylation is 2. The monoisotopic (exact) mass is 410 g/mol. The summed E-state index contributed by atoms with van der Waals surface area (Å²) in [5.41, 5.74) is 4.44. The molecule has 2 heterocycles. The number of rotatable bonds is 6. The average Bonchev–Trinajstić information content (AvgIpc) is 3.09. The van der Waals surface area contributed by atoms with Gasteiger partial charge >= 0.3 is 0 Å². The van der Waals surface area contributed by atoms with E-state index in [2.05, 4.69) is 20.1 Å². The van der Waals surface area contributed by atoms with Gasteiger partial charge in [-0.2, -0.15) is 0 Å². The lowest BCUT2D eigenvalue weighted by molar-refractivity contribution is -0.120. The highest BCUT2D eigenvalue weighted by atomic mass is 32.2. The van der Waals surface area contributed by atoms with Crippen LogP contribution in [0.15, 0.2) is 28.5 Å². The van der Waals surface area contributed by atoms with Gasteiger partial charge in [-0.1, -0.05) is 17.7 Å². The van der Waals surface area contributed by atoms with E-state index in [9.17, 15) is 13.2 Å². The van der Waals surface area contributed by atoms with Gasteiger partial charge in [-0.15, -0.1) is 16.2 Å². The number of nitrogens with one attached hydrogen (secondary N) is 2. The Morgan fingerprint density at radius 2 is 2.04 bits per heavy atom. The van der Waals surface area contributed by atoms with E-state index in [0.717, 1.165) is 23.8 Å². The number of thiazole rings is 1. The van der Waals surface area contributed by atoms with E-state index in [-0.39, 0.29) is 11.3 Å². The number of nitrogens with zero attached hydrogens (tertiary/aromatic N) is 2. The first-order valence-corrected chi connectivity index (χ1v) is 10.9. The van der Waals surface area contributed by atoms with E-state index in [0.29, 0.717) is 24.5 Å². The largest absolute Gasteiger partial charge is 0.378 e. The molecular weight excluding hydrogens is 388 g/mol. The Morgan fingerprint density at radius 1 is 1.30 bits per heavy atom. The number of ether oxygens (including phenoxy) is 1. The fourth-order valence-electron chi connectivity index (χ4n) is 2.77. The van der Waals surface area contributed by atoms with Crippen LogP contribution in [0.2, 0.25) is 0 Å². The van der Waals surface area contributed by atoms with E-state index in [1.807, 2.05) is 12.3 Å². The topological polar surface area (TPSA) is 101 Å². The highest BCUT2D eigenvalue weighted by Crippen LogP contribution is 2.21. The molecule has 0 unspecified atom stereocenters. The predicted molar refractivity (Wildman–Crippen MR) is 103 cm³/mol. The molecule has 0 aliphatic carbocycles. The van der Waals surface area contributed by atoms with Crippen molar-refractivity contribution in [3.8, 4) is 0 Å². The molecule has 0 radical (unpaired) electrons. The van der Waals surface area contributed by atoms with Gasteiger partial charge in [0.05, 0.1) is 30.2 Å². The zero-order chi connectivity index (χ0) is 19.4. The molecule has 27 heavy (non-hydrogen) atoms. The molecule has 0 saturated carbocycles. The smallest absolute Gasteiger partial charge is 0.257 e. The van der Waals surface area contributed by atoms with Crippen molar-refractivity contribution in [2.45, 2.75) is 25.2 Å². The summed E-state index contributed by atoms with van der Waals surface area (Å²) in [7, 11) is -3.83. The number of hydrazine groups is 1. The van der Waals surface area contributed by atoms with Gasteiger partial charge < -0.3 is 9.64 Å². The van der Waals surface area contributed by atoms with Crippen LogP contribution in [0.5, 0.6) is 0 Å². The lowest BCUT2D eigenvalue weighted by Crippen LogP contribution is -2.42. The van der Waals surface area contributed by atoms with Gasteiger partial charge in [-0.25, -0.2) is 13.4 Å². The molecule has 3 rings (SSSR count). The van der Waals surface area contributed by atoms with Crippen molar-refractivity contribution in [2.24, 2.45) is 0 Å². The lowest BCUT2D eigenvalue weighted by Gasteiger charge is -2.26. The number of sulfonamides is 1. The van der Waals surface area contributed by atoms with Crippen molar-refractivity contribution in [2.75, 3.05) is 31.2 Å². The van der Waals surface area contributed by atoms with Crippen LogP contribution in [0.4, 0.5) is 5.13 Å². The first-order valence-electron chi connectivity index (χ1n) is 8.50. The second kappa shape index (κ2) is 8.34. The number of carbonyl (C=O) groups excluding carboxylic acids is 1. The summed E-state index contributed by atoms with van der Waals surface area (Å²) in [5, 5.41) is 2.65. The third-order valence-corrected chi connectivity index (χ3v) is 6.47. The van der Waals surface area contributed by atoms with Crippen LogP contribution in [-0.4, -0.2) is 45.6 Å². The summed E-state index contributed by atoms with van der Waals surface area (Å²) in [4.78, 5) is 21.0. The Hall–Kier alpha value is -2.01. The van der Waals surface area contributed by atoms with Crippen molar-refractivity contribution >= 4 is 32.4 Å². The number of amides is 1. The summed E-state index contributed by atoms with van der Waals surface area (Å²) in [6.07, 6.45) is -0.00373. The maximum Gasteiger partial charge on any atom is 0.257 e. The molecule has 1 amide bonds. The van der Waals surface area contributed by atoms with Crippen molar-refractivity contribution in [3.05, 3.63) is 40.4 Å². The summed E-state index contributed by atoms with van der Waals surface area (Å²) in [6.45, 7) is 6.47. The predicted octanol–water partition coefficient (Wildman–Crippen LogP) is 1.15. The van der Waals surface area contributed by atoms with Crippen LogP contribution in [0.25, 0.3) is 0 Å². The number of aromatic nitrogens is 1. The molecule has 8 nitrogen and oxygen atoms in total. The highest BCUT2D eigenvalue weighted by molar-refractivity contribution is 7.89. The number of carbonyl (C=O) groups is 1. The molecule has 0 atom stereocenters. The molecule has 1 aromatic heterocycles. The Bertz CT molecular complexity index is 921. The Kier molecular flexibility index (Phi) is 6.10. The average molecular weight is 411 g/mol. The van der Waals surface area contributed by atoms with E-state index >= 15 is 0 Å². The van der Waals surface area contributed by atoms with Crippen LogP contribution in [0, 0.1) is 13.8 Å². The van der Waals surface area contributed by atoms with Gasteiger partial charge in [0.2, 0.25) is 5.91 Å². The minimum atomic E-state index is -3.83. The molecule has 1 aromatic carbocycles. The van der Waals surface area contributed by atoms with Crippen molar-refractivity contribution in [1.82, 2.24) is 15.2 Å². The fraction of sp³-hybridized carbons (Fsp3) is 0.412. The molecule has 2 aromatic rings. The quantitative estimate of drug-likeness (QED) is 0.693. The minimum absolute atomic E-state index is 0.00373. The Balaban J connectivity index is 1.57. The molecule has 1 aliphatic heterocycles. The van der Waals surface area contributed by atoms with Crippen molar-refractivity contribution in [3.63, 3.8) is 0 Å². The standard InChI is InChI=1S/C17H22N4O4S2/c1-12-3-4-15(13(2)9-12)27(23,24)20-19-16(22)10-14-11-26-17(18-14)21-5-7-25-8-6-21/h3-4,9,11,20H,5-8,10H2,1-2H3,(H,19,22). The summed E-state index contributed by atoms with van der Waals surface area (Å²) in [6, 6.07) is 5.01. The fourth-order valence-corrected chi connectivity index (χ4v) is 4.73. The maximum atomic E-state index is 12.4. The maximum absolute atomic E-state index is 12.4. The second-order valence-electron chi connectivity index (χ2n) is 6.32. The highest BCUT2D eigenvalue weighted by Gasteiger charge is 2.19. The van der Waals surface area contributed by atoms with Crippen LogP contribution >= 0.6 is 11.3 Å². The molecule has 10 heteroatoms. The van der Waals surface area contributed by atoms with Gasteiger partial charge in [0.25, 0.3) is 10.0 Å². The number of anilines is 1. The first kappa shape index (κ1) is 19.7. The number of benzene rings is 1. The summed E-state index contributed by atoms with van der Waals surface area (Å²) >= 11 is 1.46. The number of hydrogen-bond donors (Lipinski definition) is 2. The van der Waals surface area contributed by atoms with Crippen molar-refractivity contribution < 1.29 is 17.9 Å². The zero-order valence-corrected chi connectivity index (χ0v) is 16.8. The van der Waals surface area contributed by atoms with Gasteiger partial charge in [-0.05, 0) is 25.5 Å². The molecule has 146 valence electrons. The minimum Gasteiger partial charge on any atom is -0.378 e. The van der Waals surface area contributed by atoms with E-state index < -0.39 is 15.9 Å². The number of morpholine rings is 1. The molecule has 0 spiro atoms. The first-order chi connectivity index (χ1) is 12.8. The van der Waals surface area contributed by atoms with E-state index in [4.69, 9.17) is 4.74 Å². The van der Waals surface area contributed by atoms with Crippen LogP contribution < -0.4 is 15.2 Å². The molecular formula is C17H22N4O4S2. The van der Waals surface area contributed by atoms with Crippen LogP contribution in [0.3, 0.4) is 0 Å². The van der Waals surface area contributed by atoms with E-state index in [1.165, 1.54) is 17.4 Å². The third-order valence-electron chi connectivity index (χ3n) is 4.11. The van der Waals surface area contributed by atoms with Crippen LogP contribution in [-0.2, 0) is 26.0 Å². The second-order valence-corrected chi connectivity index (χ2v) is 8.81. The number of hydrogen-bond acceptors (Lipinski definition) is 7. The Labute approximate surface area is 162 Å². The lowest BCUT2D eigenvalue weighted by atomic mass is 10.2. The van der Waals surface area contributed by atoms with Crippen molar-refractivity contribution in [1.29, 1.82) is 0 Å².